The van der Waals surface area contributed by atoms with E-state index >= 15 is 0 Å². The van der Waals surface area contributed by atoms with Gasteiger partial charge in [0.25, 0.3) is 0 Å². The molecule has 0 bridgehead atoms. The summed E-state index contributed by atoms with van der Waals surface area (Å²) in [5.74, 6) is 0. The Balaban J connectivity index is 2.25. The van der Waals surface area contributed by atoms with E-state index in [2.05, 4.69) is 4.98 Å². The van der Waals surface area contributed by atoms with Gasteiger partial charge in [0.15, 0.2) is 0 Å². The third kappa shape index (κ3) is 2.92. The fourth-order valence-corrected chi connectivity index (χ4v) is 3.29. The van der Waals surface area contributed by atoms with Crippen LogP contribution in [0, 0.1) is 0 Å². The van der Waals surface area contributed by atoms with E-state index in [1.54, 1.807) is 7.05 Å². The van der Waals surface area contributed by atoms with E-state index in [1.165, 1.54) is 22.6 Å². The van der Waals surface area contributed by atoms with Crippen molar-refractivity contribution < 1.29 is 13.2 Å². The van der Waals surface area contributed by atoms with E-state index in [4.69, 9.17) is 22.7 Å². The molecule has 1 fully saturated rings. The number of aromatic nitrogens is 1. The molecule has 1 aliphatic heterocycles. The maximum Gasteiger partial charge on any atom is 0.244 e. The average molecular weight is 301 g/mol. The molecule has 1 aliphatic rings. The number of ether oxygens (including phenoxy) is 1. The van der Waals surface area contributed by atoms with Gasteiger partial charge in [-0.1, -0.05) is 12.2 Å². The second-order valence-electron chi connectivity index (χ2n) is 4.28. The summed E-state index contributed by atoms with van der Waals surface area (Å²) in [4.78, 5) is 4.22. The number of thiocarbonyl (C=S) groups is 1. The summed E-state index contributed by atoms with van der Waals surface area (Å²) in [6, 6.07) is 2.84. The van der Waals surface area contributed by atoms with Crippen molar-refractivity contribution >= 4 is 27.2 Å². The lowest BCUT2D eigenvalue weighted by Gasteiger charge is -2.22. The van der Waals surface area contributed by atoms with E-state index < -0.39 is 10.0 Å². The van der Waals surface area contributed by atoms with Crippen molar-refractivity contribution in [2.75, 3.05) is 20.3 Å². The predicted molar refractivity (Wildman–Crippen MR) is 74.3 cm³/mol. The Morgan fingerprint density at radius 1 is 1.58 bits per heavy atom. The lowest BCUT2D eigenvalue weighted by molar-refractivity contribution is 0.181. The SMILES string of the molecule is CN(C1CCOC1)S(=O)(=O)c1ccc(C(N)=S)nc1. The summed E-state index contributed by atoms with van der Waals surface area (Å²) in [5, 5.41) is 0. The van der Waals surface area contributed by atoms with E-state index in [9.17, 15) is 8.42 Å². The van der Waals surface area contributed by atoms with Crippen LogP contribution in [0.4, 0.5) is 0 Å². The number of rotatable bonds is 4. The minimum Gasteiger partial charge on any atom is -0.388 e. The molecule has 0 aromatic carbocycles. The molecular formula is C11H15N3O3S2. The van der Waals surface area contributed by atoms with Crippen LogP contribution in [0.1, 0.15) is 12.1 Å². The summed E-state index contributed by atoms with van der Waals surface area (Å²) in [5.41, 5.74) is 5.83. The van der Waals surface area contributed by atoms with Gasteiger partial charge in [0.05, 0.1) is 18.3 Å². The molecule has 8 heteroatoms. The smallest absolute Gasteiger partial charge is 0.244 e. The summed E-state index contributed by atoms with van der Waals surface area (Å²) < 4.78 is 31.3. The summed E-state index contributed by atoms with van der Waals surface area (Å²) >= 11 is 4.78. The van der Waals surface area contributed by atoms with E-state index in [-0.39, 0.29) is 15.9 Å². The van der Waals surface area contributed by atoms with E-state index in [0.29, 0.717) is 25.3 Å². The Labute approximate surface area is 117 Å². The van der Waals surface area contributed by atoms with Gasteiger partial charge in [-0.05, 0) is 18.6 Å². The molecule has 2 heterocycles. The second-order valence-corrected chi connectivity index (χ2v) is 6.72. The maximum atomic E-state index is 12.4. The third-order valence-electron chi connectivity index (χ3n) is 3.09. The quantitative estimate of drug-likeness (QED) is 0.795. The largest absolute Gasteiger partial charge is 0.388 e. The van der Waals surface area contributed by atoms with Gasteiger partial charge in [-0.2, -0.15) is 4.31 Å². The highest BCUT2D eigenvalue weighted by molar-refractivity contribution is 7.89. The monoisotopic (exact) mass is 301 g/mol. The molecule has 1 atom stereocenters. The van der Waals surface area contributed by atoms with Crippen LogP contribution < -0.4 is 5.73 Å². The fraction of sp³-hybridized carbons (Fsp3) is 0.455. The molecule has 104 valence electrons. The molecule has 0 spiro atoms. The van der Waals surface area contributed by atoms with E-state index in [1.807, 2.05) is 0 Å². The van der Waals surface area contributed by atoms with Gasteiger partial charge in [-0.3, -0.25) is 4.98 Å². The fourth-order valence-electron chi connectivity index (χ4n) is 1.85. The van der Waals surface area contributed by atoms with Gasteiger partial charge in [-0.25, -0.2) is 8.42 Å². The first-order chi connectivity index (χ1) is 8.93. The molecule has 2 N–H and O–H groups in total. The molecular weight excluding hydrogens is 286 g/mol. The molecule has 0 saturated carbocycles. The topological polar surface area (TPSA) is 85.5 Å². The van der Waals surface area contributed by atoms with Crippen LogP contribution in [-0.2, 0) is 14.8 Å². The minimum atomic E-state index is -3.56. The van der Waals surface area contributed by atoms with Crippen LogP contribution in [0.2, 0.25) is 0 Å². The van der Waals surface area contributed by atoms with Crippen molar-refractivity contribution in [3.05, 3.63) is 24.0 Å². The van der Waals surface area contributed by atoms with Crippen molar-refractivity contribution in [1.29, 1.82) is 0 Å². The average Bonchev–Trinajstić information content (AvgIpc) is 2.91. The number of sulfonamides is 1. The molecule has 0 amide bonds. The number of hydrogen-bond donors (Lipinski definition) is 1. The Kier molecular flexibility index (Phi) is 4.14. The van der Waals surface area contributed by atoms with Crippen LogP contribution in [0.5, 0.6) is 0 Å². The third-order valence-corrected chi connectivity index (χ3v) is 5.19. The Bertz CT molecular complexity index is 565. The zero-order valence-electron chi connectivity index (χ0n) is 10.4. The highest BCUT2D eigenvalue weighted by Gasteiger charge is 2.30. The van der Waals surface area contributed by atoms with Crippen LogP contribution >= 0.6 is 12.2 Å². The zero-order chi connectivity index (χ0) is 14.0. The van der Waals surface area contributed by atoms with Crippen LogP contribution in [0.3, 0.4) is 0 Å². The molecule has 1 unspecified atom stereocenters. The van der Waals surface area contributed by atoms with Gasteiger partial charge in [-0.15, -0.1) is 0 Å². The van der Waals surface area contributed by atoms with Crippen molar-refractivity contribution in [2.24, 2.45) is 5.73 Å². The van der Waals surface area contributed by atoms with Gasteiger partial charge in [0.1, 0.15) is 9.88 Å². The Hall–Kier alpha value is -1.09. The lowest BCUT2D eigenvalue weighted by atomic mass is 10.3. The standard InChI is InChI=1S/C11H15N3O3S2/c1-14(8-4-5-17-7-8)19(15,16)9-2-3-10(11(12)18)13-6-9/h2-3,6,8H,4-5,7H2,1H3,(H2,12,18). The summed E-state index contributed by atoms with van der Waals surface area (Å²) in [7, 11) is -2.01. The van der Waals surface area contributed by atoms with Gasteiger partial charge < -0.3 is 10.5 Å². The minimum absolute atomic E-state index is 0.125. The normalized spacial score (nSPS) is 19.8. The number of nitrogens with zero attached hydrogens (tertiary/aromatic N) is 2. The molecule has 1 aromatic rings. The molecule has 0 aliphatic carbocycles. The number of pyridine rings is 1. The molecule has 6 nitrogen and oxygen atoms in total. The Morgan fingerprint density at radius 3 is 2.79 bits per heavy atom. The first-order valence-corrected chi connectivity index (χ1v) is 7.59. The highest BCUT2D eigenvalue weighted by Crippen LogP contribution is 2.20. The first-order valence-electron chi connectivity index (χ1n) is 5.74. The molecule has 1 aromatic heterocycles. The van der Waals surface area contributed by atoms with Crippen molar-refractivity contribution in [2.45, 2.75) is 17.4 Å². The van der Waals surface area contributed by atoms with Crippen molar-refractivity contribution in [3.8, 4) is 0 Å². The van der Waals surface area contributed by atoms with Gasteiger partial charge in [0, 0.05) is 19.9 Å². The van der Waals surface area contributed by atoms with Crippen LogP contribution in [-0.4, -0.2) is 49.0 Å². The van der Waals surface area contributed by atoms with E-state index in [0.717, 1.165) is 0 Å². The van der Waals surface area contributed by atoms with Crippen molar-refractivity contribution in [1.82, 2.24) is 9.29 Å². The maximum absolute atomic E-state index is 12.4. The van der Waals surface area contributed by atoms with Gasteiger partial charge >= 0.3 is 0 Å². The highest BCUT2D eigenvalue weighted by atomic mass is 32.2. The number of nitrogens with two attached hydrogens (primary N) is 1. The number of likely N-dealkylation sites (N-methyl/N-ethyl adjacent to an activating group) is 1. The summed E-state index contributed by atoms with van der Waals surface area (Å²) in [6.07, 6.45) is 1.98. The lowest BCUT2D eigenvalue weighted by Crippen LogP contribution is -2.37. The number of hydrogen-bond acceptors (Lipinski definition) is 5. The second kappa shape index (κ2) is 5.49. The molecule has 1 saturated heterocycles. The molecule has 2 rings (SSSR count). The van der Waals surface area contributed by atoms with Gasteiger partial charge in [0.2, 0.25) is 10.0 Å². The summed E-state index contributed by atoms with van der Waals surface area (Å²) in [6.45, 7) is 1.01. The Morgan fingerprint density at radius 2 is 2.32 bits per heavy atom. The molecule has 19 heavy (non-hydrogen) atoms. The van der Waals surface area contributed by atoms with Crippen LogP contribution in [0.15, 0.2) is 23.2 Å². The molecule has 0 radical (unpaired) electrons. The predicted octanol–water partition coefficient (Wildman–Crippen LogP) is 0.125. The van der Waals surface area contributed by atoms with Crippen molar-refractivity contribution in [3.63, 3.8) is 0 Å². The zero-order valence-corrected chi connectivity index (χ0v) is 12.1. The first kappa shape index (κ1) is 14.3. The van der Waals surface area contributed by atoms with Crippen LogP contribution in [0.25, 0.3) is 0 Å².